The van der Waals surface area contributed by atoms with Crippen molar-refractivity contribution in [2.75, 3.05) is 26.4 Å². The summed E-state index contributed by atoms with van der Waals surface area (Å²) in [6, 6.07) is -1.69. The number of rotatable bonds is 13. The molecule has 16 N–H and O–H groups in total. The molecule has 5 saturated heterocycles. The normalized spacial score (nSPS) is 51.6. The van der Waals surface area contributed by atoms with Crippen LogP contribution in [0.3, 0.4) is 0 Å². The predicted octanol–water partition coefficient (Wildman–Crippen LogP) is -10.8. The molecule has 5 heterocycles. The lowest BCUT2D eigenvalue weighted by Crippen LogP contribution is -2.70. The highest BCUT2D eigenvalue weighted by molar-refractivity contribution is 5.73. The molecule has 5 fully saturated rings. The largest absolute Gasteiger partial charge is 0.394 e. The van der Waals surface area contributed by atoms with Gasteiger partial charge < -0.3 is 125 Å². The quantitative estimate of drug-likeness (QED) is 0.0818. The van der Waals surface area contributed by atoms with Crippen LogP contribution in [0.25, 0.3) is 0 Å². The number of carbonyl (C=O) groups excluding carboxylic acids is 1. The molecule has 0 unspecified atom stereocenters. The summed E-state index contributed by atoms with van der Waals surface area (Å²) < 4.78 is 50.8. The number of nitrogens with one attached hydrogen (secondary N) is 1. The third-order valence-electron chi connectivity index (χ3n) is 10.7. The molecular weight excluding hydrogens is 798 g/mol. The van der Waals surface area contributed by atoms with E-state index in [1.807, 2.05) is 0 Å². The van der Waals surface area contributed by atoms with Crippen molar-refractivity contribution in [2.45, 2.75) is 167 Å². The number of aliphatic hydroxyl groups is 15. The van der Waals surface area contributed by atoms with Gasteiger partial charge in [-0.05, 0) is 6.92 Å². The number of aliphatic hydroxyl groups excluding tert-OH is 15. The molecule has 0 aromatic rings. The van der Waals surface area contributed by atoms with Crippen LogP contribution in [0.4, 0.5) is 0 Å². The summed E-state index contributed by atoms with van der Waals surface area (Å²) in [6.45, 7) is -1.31. The number of carbonyl (C=O) groups is 1. The van der Waals surface area contributed by atoms with Crippen molar-refractivity contribution >= 4 is 5.91 Å². The van der Waals surface area contributed by atoms with Crippen molar-refractivity contribution in [3.63, 3.8) is 0 Å². The van der Waals surface area contributed by atoms with Crippen molar-refractivity contribution in [1.82, 2.24) is 5.32 Å². The van der Waals surface area contributed by atoms with Gasteiger partial charge in [-0.1, -0.05) is 0 Å². The second kappa shape index (κ2) is 20.1. The van der Waals surface area contributed by atoms with Crippen molar-refractivity contribution < 1.29 is 124 Å². The average molecular weight is 854 g/mol. The molecule has 58 heavy (non-hydrogen) atoms. The average Bonchev–Trinajstić information content (AvgIpc) is 3.19. The molecule has 26 nitrogen and oxygen atoms in total. The fourth-order valence-electron chi connectivity index (χ4n) is 7.36. The molecule has 1 amide bonds. The number of ether oxygens (including phenoxy) is 9. The zero-order valence-corrected chi connectivity index (χ0v) is 31.1. The topological polar surface area (TPSA) is 416 Å². The second-order valence-corrected chi connectivity index (χ2v) is 14.7. The van der Waals surface area contributed by atoms with E-state index in [2.05, 4.69) is 5.32 Å². The molecule has 0 aromatic heterocycles. The van der Waals surface area contributed by atoms with Gasteiger partial charge in [0.05, 0.1) is 32.5 Å². The standard InChI is InChI=1S/C32H55NO25/c1-7-14(39)17(42)22(47)30(50-7)58-27-18(43)15(40)9(3-34)53-32(27)57-26-13(33-8(2)38)29(52-10(4-35)16(26)41)55-25-12(6-37)54-31(23(48)20(25)45)56-24-11(5-36)51-28(49)21(46)19(24)44/h7,9-32,34-37,39-49H,3-6H2,1-2H3,(H,33,38)/t7-,9+,10+,11+,12+,13+,14+,15-,16-,17+,18-,19+,20+,21+,22-,23+,24+,25-,26+,27+,28-,29-,30-,31-,32-/m0/s1. The number of hydrogen-bond acceptors (Lipinski definition) is 25. The molecule has 0 spiro atoms. The van der Waals surface area contributed by atoms with Gasteiger partial charge in [0.15, 0.2) is 31.5 Å². The van der Waals surface area contributed by atoms with E-state index in [1.54, 1.807) is 0 Å². The minimum absolute atomic E-state index is 0.807. The van der Waals surface area contributed by atoms with E-state index in [0.717, 1.165) is 6.92 Å². The molecule has 25 atom stereocenters. The monoisotopic (exact) mass is 853 g/mol. The third kappa shape index (κ3) is 9.75. The van der Waals surface area contributed by atoms with Crippen LogP contribution in [0.5, 0.6) is 0 Å². The molecule has 338 valence electrons. The first-order chi connectivity index (χ1) is 27.4. The summed E-state index contributed by atoms with van der Waals surface area (Å²) in [5.41, 5.74) is 0. The van der Waals surface area contributed by atoms with Gasteiger partial charge in [0.2, 0.25) is 5.91 Å². The molecule has 0 saturated carbocycles. The van der Waals surface area contributed by atoms with Crippen molar-refractivity contribution in [2.24, 2.45) is 0 Å². The second-order valence-electron chi connectivity index (χ2n) is 14.7. The van der Waals surface area contributed by atoms with E-state index in [9.17, 15) is 81.4 Å². The lowest BCUT2D eigenvalue weighted by Gasteiger charge is -2.50. The molecule has 5 aliphatic heterocycles. The van der Waals surface area contributed by atoms with Gasteiger partial charge >= 0.3 is 0 Å². The first-order valence-electron chi connectivity index (χ1n) is 18.5. The Morgan fingerprint density at radius 3 is 1.47 bits per heavy atom. The summed E-state index contributed by atoms with van der Waals surface area (Å²) in [5, 5.41) is 159. The SMILES string of the molecule is CC(=O)N[C@H]1[C@H](O[C@@H]2[C@H](O)[C@@H](O)[C@H](O[C@H]3[C@H](O)[C@@H](O)[C@@H](O)O[C@@H]3CO)O[C@@H]2CO)O[C@H](CO)[C@H](O)[C@@H]1O[C@@H]1O[C@H](CO)[C@H](O)[C@H](O)[C@H]1O[C@@H]1O[C@@H](C)[C@@H](O)[C@@H](O)[C@@H]1O. The first-order valence-corrected chi connectivity index (χ1v) is 18.5. The Balaban J connectivity index is 1.40. The highest BCUT2D eigenvalue weighted by atomic mass is 16.8. The van der Waals surface area contributed by atoms with Gasteiger partial charge in [-0.3, -0.25) is 4.79 Å². The van der Waals surface area contributed by atoms with Crippen LogP contribution >= 0.6 is 0 Å². The molecule has 5 rings (SSSR count). The highest BCUT2D eigenvalue weighted by Crippen LogP contribution is 2.36. The van der Waals surface area contributed by atoms with Gasteiger partial charge in [0.25, 0.3) is 0 Å². The minimum Gasteiger partial charge on any atom is -0.394 e. The molecule has 26 heteroatoms. The highest BCUT2D eigenvalue weighted by Gasteiger charge is 2.57. The fraction of sp³-hybridized carbons (Fsp3) is 0.969. The van der Waals surface area contributed by atoms with Crippen molar-refractivity contribution in [3.05, 3.63) is 0 Å². The van der Waals surface area contributed by atoms with Crippen LogP contribution in [0.2, 0.25) is 0 Å². The van der Waals surface area contributed by atoms with Crippen LogP contribution in [-0.4, -0.2) is 262 Å². The van der Waals surface area contributed by atoms with E-state index < -0.39 is 186 Å². The maximum atomic E-state index is 12.6. The van der Waals surface area contributed by atoms with Crippen LogP contribution in [-0.2, 0) is 47.4 Å². The predicted molar refractivity (Wildman–Crippen MR) is 177 cm³/mol. The Hall–Kier alpha value is -1.49. The van der Waals surface area contributed by atoms with Crippen LogP contribution < -0.4 is 5.32 Å². The summed E-state index contributed by atoms with van der Waals surface area (Å²) in [5.74, 6) is -0.807. The first kappa shape index (κ1) is 47.6. The zero-order chi connectivity index (χ0) is 42.9. The molecule has 0 radical (unpaired) electrons. The fourth-order valence-corrected chi connectivity index (χ4v) is 7.36. The summed E-state index contributed by atoms with van der Waals surface area (Å²) in [7, 11) is 0. The Morgan fingerprint density at radius 1 is 0.448 bits per heavy atom. The molecule has 0 bridgehead atoms. The lowest BCUT2D eigenvalue weighted by molar-refractivity contribution is -0.389. The molecule has 0 aliphatic carbocycles. The Bertz CT molecular complexity index is 1300. The van der Waals surface area contributed by atoms with Gasteiger partial charge in [-0.25, -0.2) is 0 Å². The smallest absolute Gasteiger partial charge is 0.217 e. The van der Waals surface area contributed by atoms with Gasteiger partial charge in [0, 0.05) is 6.92 Å². The number of amides is 1. The van der Waals surface area contributed by atoms with E-state index in [4.69, 9.17) is 42.6 Å². The Morgan fingerprint density at radius 2 is 0.879 bits per heavy atom. The van der Waals surface area contributed by atoms with E-state index in [1.165, 1.54) is 6.92 Å². The van der Waals surface area contributed by atoms with E-state index in [-0.39, 0.29) is 0 Å². The molecule has 0 aromatic carbocycles. The third-order valence-corrected chi connectivity index (χ3v) is 10.7. The summed E-state index contributed by atoms with van der Waals surface area (Å²) in [6.07, 6.45) is -43.1. The lowest BCUT2D eigenvalue weighted by atomic mass is 9.94. The van der Waals surface area contributed by atoms with E-state index >= 15 is 0 Å². The zero-order valence-electron chi connectivity index (χ0n) is 31.1. The Labute approximate surface area is 329 Å². The summed E-state index contributed by atoms with van der Waals surface area (Å²) >= 11 is 0. The van der Waals surface area contributed by atoms with Crippen molar-refractivity contribution in [3.8, 4) is 0 Å². The molecule has 5 aliphatic rings. The van der Waals surface area contributed by atoms with Crippen LogP contribution in [0.15, 0.2) is 0 Å². The van der Waals surface area contributed by atoms with Crippen molar-refractivity contribution in [1.29, 1.82) is 0 Å². The van der Waals surface area contributed by atoms with Gasteiger partial charge in [-0.15, -0.1) is 0 Å². The minimum atomic E-state index is -2.09. The molecular formula is C32H55NO25. The van der Waals surface area contributed by atoms with E-state index in [0.29, 0.717) is 0 Å². The summed E-state index contributed by atoms with van der Waals surface area (Å²) in [4.78, 5) is 12.6. The Kier molecular flexibility index (Phi) is 16.5. The maximum absolute atomic E-state index is 12.6. The van der Waals surface area contributed by atoms with Crippen LogP contribution in [0.1, 0.15) is 13.8 Å². The number of hydrogen-bond donors (Lipinski definition) is 16. The van der Waals surface area contributed by atoms with Gasteiger partial charge in [-0.2, -0.15) is 0 Å². The maximum Gasteiger partial charge on any atom is 0.217 e. The van der Waals surface area contributed by atoms with Gasteiger partial charge in [0.1, 0.15) is 116 Å². The van der Waals surface area contributed by atoms with Crippen LogP contribution in [0, 0.1) is 0 Å².